The van der Waals surface area contributed by atoms with Crippen molar-refractivity contribution in [2.45, 2.75) is 32.6 Å². The molecule has 2 aromatic heterocycles. The molecule has 3 aromatic rings. The van der Waals surface area contributed by atoms with Gasteiger partial charge in [-0.1, -0.05) is 12.1 Å². The first-order valence-corrected chi connectivity index (χ1v) is 10.0. The van der Waals surface area contributed by atoms with Crippen molar-refractivity contribution in [1.82, 2.24) is 25.4 Å². The van der Waals surface area contributed by atoms with Crippen LogP contribution in [-0.4, -0.2) is 51.8 Å². The van der Waals surface area contributed by atoms with Crippen molar-refractivity contribution in [3.63, 3.8) is 0 Å². The summed E-state index contributed by atoms with van der Waals surface area (Å²) in [6.45, 7) is 6.47. The van der Waals surface area contributed by atoms with E-state index >= 15 is 0 Å². The zero-order valence-corrected chi connectivity index (χ0v) is 17.0. The molecule has 0 spiro atoms. The third-order valence-corrected chi connectivity index (χ3v) is 4.79. The zero-order chi connectivity index (χ0) is 20.9. The number of nitrogens with zero attached hydrogens (tertiary/aromatic N) is 4. The predicted molar refractivity (Wildman–Crippen MR) is 110 cm³/mol. The average molecular weight is 412 g/mol. The molecule has 1 aromatic carbocycles. The predicted octanol–water partition coefficient (Wildman–Crippen LogP) is 3.13. The van der Waals surface area contributed by atoms with E-state index in [1.165, 1.54) is 12.1 Å². The number of aromatic amines is 1. The summed E-state index contributed by atoms with van der Waals surface area (Å²) in [4.78, 5) is 11.3. The topological polar surface area (TPSA) is 91.6 Å². The minimum absolute atomic E-state index is 0.00786. The van der Waals surface area contributed by atoms with Crippen LogP contribution < -0.4 is 5.32 Å². The van der Waals surface area contributed by atoms with E-state index in [-0.39, 0.29) is 18.0 Å². The molecule has 9 heteroatoms. The minimum Gasteiger partial charge on any atom is -0.461 e. The molecule has 1 aliphatic rings. The lowest BCUT2D eigenvalue weighted by Crippen LogP contribution is -2.50. The molecule has 2 N–H and O–H groups in total. The van der Waals surface area contributed by atoms with Crippen molar-refractivity contribution in [2.24, 2.45) is 4.99 Å². The normalized spacial score (nSPS) is 19.8. The molecular weight excluding hydrogens is 387 g/mol. The first-order valence-electron chi connectivity index (χ1n) is 10.0. The van der Waals surface area contributed by atoms with Crippen molar-refractivity contribution in [3.05, 3.63) is 59.9 Å². The third kappa shape index (κ3) is 4.68. The molecule has 3 heterocycles. The van der Waals surface area contributed by atoms with Gasteiger partial charge in [-0.2, -0.15) is 0 Å². The van der Waals surface area contributed by atoms with Gasteiger partial charge >= 0.3 is 0 Å². The Labute approximate surface area is 174 Å². The van der Waals surface area contributed by atoms with Crippen molar-refractivity contribution in [2.75, 3.05) is 19.6 Å². The second kappa shape index (κ2) is 9.08. The fourth-order valence-corrected chi connectivity index (χ4v) is 3.44. The van der Waals surface area contributed by atoms with Crippen molar-refractivity contribution in [3.8, 4) is 11.6 Å². The molecule has 1 aliphatic heterocycles. The highest BCUT2D eigenvalue weighted by Crippen LogP contribution is 2.25. The number of nitrogens with one attached hydrogen (secondary N) is 2. The molecule has 2 atom stereocenters. The van der Waals surface area contributed by atoms with Gasteiger partial charge in [-0.25, -0.2) is 14.4 Å². The van der Waals surface area contributed by atoms with E-state index in [2.05, 4.69) is 25.4 Å². The van der Waals surface area contributed by atoms with Crippen LogP contribution in [0.3, 0.4) is 0 Å². The van der Waals surface area contributed by atoms with Crippen molar-refractivity contribution >= 4 is 5.96 Å². The number of ether oxygens (including phenoxy) is 1. The van der Waals surface area contributed by atoms with E-state index < -0.39 is 0 Å². The van der Waals surface area contributed by atoms with Gasteiger partial charge in [0.15, 0.2) is 11.7 Å². The summed E-state index contributed by atoms with van der Waals surface area (Å²) in [5.74, 6) is 2.28. The quantitative estimate of drug-likeness (QED) is 0.494. The van der Waals surface area contributed by atoms with Gasteiger partial charge in [0.05, 0.1) is 18.9 Å². The van der Waals surface area contributed by atoms with Crippen LogP contribution in [-0.2, 0) is 11.3 Å². The summed E-state index contributed by atoms with van der Waals surface area (Å²) in [6.07, 6.45) is 1.44. The Morgan fingerprint density at radius 3 is 2.87 bits per heavy atom. The van der Waals surface area contributed by atoms with Gasteiger partial charge in [-0.3, -0.25) is 5.10 Å². The maximum absolute atomic E-state index is 13.3. The highest BCUT2D eigenvalue weighted by molar-refractivity contribution is 5.80. The number of furan rings is 1. The molecule has 2 unspecified atom stereocenters. The number of rotatable bonds is 5. The van der Waals surface area contributed by atoms with Crippen LogP contribution in [0.5, 0.6) is 0 Å². The van der Waals surface area contributed by atoms with Crippen LogP contribution in [0.15, 0.2) is 52.1 Å². The number of aromatic nitrogens is 3. The van der Waals surface area contributed by atoms with E-state index in [0.717, 1.165) is 18.1 Å². The first kappa shape index (κ1) is 20.1. The smallest absolute Gasteiger partial charge is 0.216 e. The molecule has 1 fully saturated rings. The van der Waals surface area contributed by atoms with E-state index in [4.69, 9.17) is 14.1 Å². The van der Waals surface area contributed by atoms with Gasteiger partial charge in [0.25, 0.3) is 0 Å². The Hall–Kier alpha value is -3.20. The molecule has 8 nitrogen and oxygen atoms in total. The zero-order valence-electron chi connectivity index (χ0n) is 17.0. The van der Waals surface area contributed by atoms with E-state index in [1.54, 1.807) is 24.5 Å². The first-order chi connectivity index (χ1) is 14.6. The number of benzene rings is 1. The molecule has 158 valence electrons. The van der Waals surface area contributed by atoms with Crippen LogP contribution in [0, 0.1) is 5.82 Å². The van der Waals surface area contributed by atoms with Crippen LogP contribution in [0.1, 0.15) is 31.3 Å². The second-order valence-corrected chi connectivity index (χ2v) is 7.15. The monoisotopic (exact) mass is 412 g/mol. The fourth-order valence-electron chi connectivity index (χ4n) is 3.44. The molecular formula is C21H25FN6O2. The van der Waals surface area contributed by atoms with Crippen LogP contribution >= 0.6 is 0 Å². The average Bonchev–Trinajstić information content (AvgIpc) is 3.43. The Kier molecular flexibility index (Phi) is 6.08. The Morgan fingerprint density at radius 1 is 1.30 bits per heavy atom. The van der Waals surface area contributed by atoms with Gasteiger partial charge in [-0.15, -0.1) is 5.10 Å². The lowest BCUT2D eigenvalue weighted by molar-refractivity contribution is -0.0605. The van der Waals surface area contributed by atoms with Crippen molar-refractivity contribution in [1.29, 1.82) is 0 Å². The second-order valence-electron chi connectivity index (χ2n) is 7.15. The largest absolute Gasteiger partial charge is 0.461 e. The number of hydrogen-bond acceptors (Lipinski definition) is 5. The summed E-state index contributed by atoms with van der Waals surface area (Å²) >= 11 is 0. The molecule has 30 heavy (non-hydrogen) atoms. The number of guanidine groups is 1. The Bertz CT molecular complexity index is 970. The SMILES string of the molecule is CCNC(=NCc1nc(-c2ccco2)n[nH]1)N1CC(C)OC(c2ccc(F)cc2)C1. The van der Waals surface area contributed by atoms with Crippen LogP contribution in [0.4, 0.5) is 4.39 Å². The fraction of sp³-hybridized carbons (Fsp3) is 0.381. The van der Waals surface area contributed by atoms with Crippen LogP contribution in [0.25, 0.3) is 11.6 Å². The maximum Gasteiger partial charge on any atom is 0.216 e. The van der Waals surface area contributed by atoms with Gasteiger partial charge in [0.2, 0.25) is 5.82 Å². The third-order valence-electron chi connectivity index (χ3n) is 4.79. The van der Waals surface area contributed by atoms with Crippen molar-refractivity contribution < 1.29 is 13.5 Å². The Balaban J connectivity index is 1.48. The number of H-pyrrole nitrogens is 1. The van der Waals surface area contributed by atoms with Gasteiger partial charge in [0.1, 0.15) is 24.3 Å². The van der Waals surface area contributed by atoms with Gasteiger partial charge in [0, 0.05) is 13.1 Å². The number of morpholine rings is 1. The number of aliphatic imine (C=N–C) groups is 1. The number of hydrogen-bond donors (Lipinski definition) is 2. The lowest BCUT2D eigenvalue weighted by atomic mass is 10.1. The van der Waals surface area contributed by atoms with Gasteiger partial charge < -0.3 is 19.4 Å². The molecule has 4 rings (SSSR count). The summed E-state index contributed by atoms with van der Waals surface area (Å²) < 4.78 is 24.7. The molecule has 1 saturated heterocycles. The molecule has 0 aliphatic carbocycles. The summed E-state index contributed by atoms with van der Waals surface area (Å²) in [5.41, 5.74) is 0.946. The highest BCUT2D eigenvalue weighted by Gasteiger charge is 2.28. The van der Waals surface area contributed by atoms with E-state index in [9.17, 15) is 4.39 Å². The number of halogens is 1. The summed E-state index contributed by atoms with van der Waals surface area (Å²) in [7, 11) is 0. The lowest BCUT2D eigenvalue weighted by Gasteiger charge is -2.38. The Morgan fingerprint density at radius 2 is 2.13 bits per heavy atom. The van der Waals surface area contributed by atoms with Gasteiger partial charge in [-0.05, 0) is 43.7 Å². The molecule has 0 radical (unpaired) electrons. The minimum atomic E-state index is -0.254. The summed E-state index contributed by atoms with van der Waals surface area (Å²) in [5, 5.41) is 10.4. The van der Waals surface area contributed by atoms with E-state index in [1.807, 2.05) is 19.9 Å². The summed E-state index contributed by atoms with van der Waals surface area (Å²) in [6, 6.07) is 10.1. The maximum atomic E-state index is 13.3. The molecule has 0 bridgehead atoms. The van der Waals surface area contributed by atoms with Crippen LogP contribution in [0.2, 0.25) is 0 Å². The standard InChI is InChI=1S/C21H25FN6O2/c1-3-23-21(24-11-19-25-20(27-26-19)17-5-4-10-29-17)28-12-14(2)30-18(13-28)15-6-8-16(22)9-7-15/h4-10,14,18H,3,11-13H2,1-2H3,(H,23,24)(H,25,26,27). The highest BCUT2D eigenvalue weighted by atomic mass is 19.1. The molecule has 0 saturated carbocycles. The van der Waals surface area contributed by atoms with E-state index in [0.29, 0.717) is 37.0 Å². The molecule has 0 amide bonds.